The number of halogens is 3. The van der Waals surface area contributed by atoms with Crippen molar-refractivity contribution in [1.82, 2.24) is 10.2 Å². The van der Waals surface area contributed by atoms with E-state index in [-0.39, 0.29) is 36.1 Å². The highest BCUT2D eigenvalue weighted by atomic mass is 19.4. The fourth-order valence-electron chi connectivity index (χ4n) is 4.99. The molecule has 2 aliphatic carbocycles. The fourth-order valence-corrected chi connectivity index (χ4v) is 4.99. The van der Waals surface area contributed by atoms with E-state index in [0.717, 1.165) is 38.1 Å². The molecule has 162 valence electrons. The Morgan fingerprint density at radius 1 is 1.10 bits per heavy atom. The Bertz CT molecular complexity index is 832. The van der Waals surface area contributed by atoms with Gasteiger partial charge in [-0.2, -0.15) is 13.2 Å². The molecule has 1 amide bonds. The Kier molecular flexibility index (Phi) is 5.70. The monoisotopic (exact) mass is 422 g/mol. The van der Waals surface area contributed by atoms with E-state index in [0.29, 0.717) is 36.5 Å². The summed E-state index contributed by atoms with van der Waals surface area (Å²) < 4.78 is 38.3. The summed E-state index contributed by atoms with van der Waals surface area (Å²) in [5, 5.41) is 2.66. The highest BCUT2D eigenvalue weighted by molar-refractivity contribution is 5.89. The molecule has 1 aromatic rings. The second kappa shape index (κ2) is 8.13. The summed E-state index contributed by atoms with van der Waals surface area (Å²) in [5.74, 6) is 0.417. The number of alkyl halides is 3. The van der Waals surface area contributed by atoms with Crippen molar-refractivity contribution in [2.24, 2.45) is 17.8 Å². The number of ketones is 2. The van der Waals surface area contributed by atoms with Crippen LogP contribution in [-0.2, 0) is 27.0 Å². The number of carbonyl (C=O) groups excluding carboxylic acids is 3. The van der Waals surface area contributed by atoms with E-state index in [1.165, 1.54) is 12.1 Å². The molecule has 1 aliphatic heterocycles. The van der Waals surface area contributed by atoms with Crippen LogP contribution in [0.1, 0.15) is 36.8 Å². The highest BCUT2D eigenvalue weighted by Crippen LogP contribution is 2.52. The number of fused-ring (bicyclic) bond motifs is 1. The number of rotatable bonds is 6. The Balaban J connectivity index is 1.20. The van der Waals surface area contributed by atoms with Crippen molar-refractivity contribution in [3.63, 3.8) is 0 Å². The molecule has 1 unspecified atom stereocenters. The van der Waals surface area contributed by atoms with Crippen molar-refractivity contribution in [2.45, 2.75) is 44.3 Å². The number of nitrogens with one attached hydrogen (secondary N) is 1. The van der Waals surface area contributed by atoms with Gasteiger partial charge in [0.15, 0.2) is 5.78 Å². The van der Waals surface area contributed by atoms with Gasteiger partial charge in [0.25, 0.3) is 0 Å². The van der Waals surface area contributed by atoms with Gasteiger partial charge in [-0.3, -0.25) is 19.3 Å². The number of hydrogen-bond acceptors (Lipinski definition) is 4. The lowest BCUT2D eigenvalue weighted by Crippen LogP contribution is -2.40. The van der Waals surface area contributed by atoms with Crippen LogP contribution >= 0.6 is 0 Å². The summed E-state index contributed by atoms with van der Waals surface area (Å²) in [6.45, 7) is 1.55. The predicted molar refractivity (Wildman–Crippen MR) is 102 cm³/mol. The van der Waals surface area contributed by atoms with Crippen molar-refractivity contribution < 1.29 is 27.6 Å². The molecule has 0 bridgehead atoms. The number of Topliss-reactive ketones (excluding diaryl/α,β-unsaturated/α-hetero) is 2. The lowest BCUT2D eigenvalue weighted by molar-refractivity contribution is -0.137. The van der Waals surface area contributed by atoms with Gasteiger partial charge < -0.3 is 5.32 Å². The number of amides is 1. The van der Waals surface area contributed by atoms with Crippen molar-refractivity contribution in [2.75, 3.05) is 19.6 Å². The molecule has 3 atom stereocenters. The molecular formula is C22H25F3N2O3. The summed E-state index contributed by atoms with van der Waals surface area (Å²) in [7, 11) is 0. The molecule has 5 nitrogen and oxygen atoms in total. The Morgan fingerprint density at radius 2 is 1.77 bits per heavy atom. The van der Waals surface area contributed by atoms with Crippen LogP contribution in [0.25, 0.3) is 0 Å². The third kappa shape index (κ3) is 4.58. The summed E-state index contributed by atoms with van der Waals surface area (Å²) >= 11 is 0. The lowest BCUT2D eigenvalue weighted by Gasteiger charge is -2.32. The van der Waals surface area contributed by atoms with Crippen LogP contribution < -0.4 is 5.32 Å². The van der Waals surface area contributed by atoms with Gasteiger partial charge in [-0.15, -0.1) is 0 Å². The van der Waals surface area contributed by atoms with E-state index in [9.17, 15) is 27.6 Å². The van der Waals surface area contributed by atoms with E-state index < -0.39 is 11.7 Å². The standard InChI is InChI=1S/C22H25F3N2O3/c23-22(24,25)14-3-1-2-13(8-14)9-17(29)10-26-21(30)20-18-11-27(12-19(18)20)15-4-6-16(28)7-5-15/h1-3,8,15,18-20H,4-7,9-12H2,(H,26,30)/t18-,19+,20?. The molecule has 8 heteroatoms. The third-order valence-corrected chi connectivity index (χ3v) is 6.67. The van der Waals surface area contributed by atoms with Crippen molar-refractivity contribution in [3.8, 4) is 0 Å². The number of piperidine rings is 1. The minimum absolute atomic E-state index is 0.0761. The average molecular weight is 422 g/mol. The highest BCUT2D eigenvalue weighted by Gasteiger charge is 2.59. The summed E-state index contributed by atoms with van der Waals surface area (Å²) in [4.78, 5) is 38.3. The maximum Gasteiger partial charge on any atom is 0.416 e. The maximum atomic E-state index is 12.8. The molecule has 0 spiro atoms. The number of hydrogen-bond donors (Lipinski definition) is 1. The van der Waals surface area contributed by atoms with Crippen LogP contribution in [0.3, 0.4) is 0 Å². The summed E-state index contributed by atoms with van der Waals surface area (Å²) in [5.41, 5.74) is -0.497. The maximum absolute atomic E-state index is 12.8. The largest absolute Gasteiger partial charge is 0.416 e. The summed E-state index contributed by atoms with van der Waals surface area (Å²) in [6.07, 6.45) is -1.49. The zero-order chi connectivity index (χ0) is 21.5. The van der Waals surface area contributed by atoms with Crippen molar-refractivity contribution >= 4 is 17.5 Å². The second-order valence-corrected chi connectivity index (χ2v) is 8.71. The smallest absolute Gasteiger partial charge is 0.349 e. The second-order valence-electron chi connectivity index (χ2n) is 8.71. The molecule has 2 saturated carbocycles. The van der Waals surface area contributed by atoms with Crippen LogP contribution in [0.5, 0.6) is 0 Å². The Hall–Kier alpha value is -2.22. The molecule has 1 heterocycles. The predicted octanol–water partition coefficient (Wildman–Crippen LogP) is 2.62. The van der Waals surface area contributed by atoms with Gasteiger partial charge in [-0.1, -0.05) is 18.2 Å². The average Bonchev–Trinajstić information content (AvgIpc) is 3.20. The van der Waals surface area contributed by atoms with Crippen LogP contribution in [0.2, 0.25) is 0 Å². The molecule has 3 aliphatic rings. The van der Waals surface area contributed by atoms with Gasteiger partial charge in [0, 0.05) is 44.3 Å². The molecule has 4 rings (SSSR count). The first-order valence-corrected chi connectivity index (χ1v) is 10.4. The van der Waals surface area contributed by atoms with Crippen molar-refractivity contribution in [3.05, 3.63) is 35.4 Å². The number of carbonyl (C=O) groups is 3. The van der Waals surface area contributed by atoms with E-state index in [1.807, 2.05) is 0 Å². The van der Waals surface area contributed by atoms with E-state index in [4.69, 9.17) is 0 Å². The molecule has 3 fully saturated rings. The van der Waals surface area contributed by atoms with Crippen LogP contribution in [0.15, 0.2) is 24.3 Å². The lowest BCUT2D eigenvalue weighted by atomic mass is 9.93. The number of benzene rings is 1. The van der Waals surface area contributed by atoms with Gasteiger partial charge in [0.1, 0.15) is 5.78 Å². The zero-order valence-electron chi connectivity index (χ0n) is 16.6. The molecule has 1 aromatic carbocycles. The first kappa shape index (κ1) is 21.0. The minimum Gasteiger partial charge on any atom is -0.349 e. The first-order valence-electron chi connectivity index (χ1n) is 10.4. The minimum atomic E-state index is -4.45. The fraction of sp³-hybridized carbons (Fsp3) is 0.591. The van der Waals surface area contributed by atoms with Gasteiger partial charge in [-0.25, -0.2) is 0 Å². The van der Waals surface area contributed by atoms with Gasteiger partial charge >= 0.3 is 6.18 Å². The zero-order valence-corrected chi connectivity index (χ0v) is 16.6. The van der Waals surface area contributed by atoms with Crippen LogP contribution in [-0.4, -0.2) is 48.0 Å². The molecule has 0 aromatic heterocycles. The molecule has 1 N–H and O–H groups in total. The normalized spacial score (nSPS) is 27.0. The van der Waals surface area contributed by atoms with Gasteiger partial charge in [0.05, 0.1) is 12.1 Å². The summed E-state index contributed by atoms with van der Waals surface area (Å²) in [6, 6.07) is 5.14. The number of likely N-dealkylation sites (tertiary alicyclic amines) is 1. The topological polar surface area (TPSA) is 66.5 Å². The Morgan fingerprint density at radius 3 is 2.40 bits per heavy atom. The molecule has 1 saturated heterocycles. The molecular weight excluding hydrogens is 397 g/mol. The first-order chi connectivity index (χ1) is 14.2. The SMILES string of the molecule is O=C1CCC(N2C[C@@H]3C(C(=O)NCC(=O)Cc4cccc(C(F)(F)F)c4)[C@@H]3C2)CC1. The third-order valence-electron chi connectivity index (χ3n) is 6.67. The van der Waals surface area contributed by atoms with Crippen molar-refractivity contribution in [1.29, 1.82) is 0 Å². The van der Waals surface area contributed by atoms with Gasteiger partial charge in [0.2, 0.25) is 5.91 Å². The van der Waals surface area contributed by atoms with Crippen LogP contribution in [0, 0.1) is 17.8 Å². The molecule has 0 radical (unpaired) electrons. The van der Waals surface area contributed by atoms with Crippen LogP contribution in [0.4, 0.5) is 13.2 Å². The van der Waals surface area contributed by atoms with E-state index >= 15 is 0 Å². The molecule has 30 heavy (non-hydrogen) atoms. The van der Waals surface area contributed by atoms with E-state index in [2.05, 4.69) is 10.2 Å². The van der Waals surface area contributed by atoms with Gasteiger partial charge in [-0.05, 0) is 36.3 Å². The number of nitrogens with zero attached hydrogens (tertiary/aromatic N) is 1. The quantitative estimate of drug-likeness (QED) is 0.766. The van der Waals surface area contributed by atoms with E-state index in [1.54, 1.807) is 0 Å². The Labute approximate surface area is 173 Å².